The molecule has 1 atom stereocenters. The molecule has 0 aromatic heterocycles. The summed E-state index contributed by atoms with van der Waals surface area (Å²) in [6.45, 7) is 3.11. The van der Waals surface area contributed by atoms with Crippen LogP contribution in [-0.2, 0) is 16.1 Å². The Morgan fingerprint density at radius 3 is 2.75 bits per heavy atom. The van der Waals surface area contributed by atoms with Gasteiger partial charge in [-0.25, -0.2) is 0 Å². The largest absolute Gasteiger partial charge is 0.375 e. The van der Waals surface area contributed by atoms with Crippen LogP contribution in [0, 0.1) is 0 Å². The van der Waals surface area contributed by atoms with Gasteiger partial charge in [0.05, 0.1) is 19.1 Å². The van der Waals surface area contributed by atoms with Crippen molar-refractivity contribution >= 4 is 5.91 Å². The number of nitrogens with one attached hydrogen (secondary N) is 1. The molecule has 1 N–H and O–H groups in total. The number of hydrogen-bond donors (Lipinski definition) is 1. The molecule has 108 valence electrons. The van der Waals surface area contributed by atoms with Gasteiger partial charge in [-0.15, -0.1) is 0 Å². The highest BCUT2D eigenvalue weighted by atomic mass is 16.5. The Morgan fingerprint density at radius 1 is 1.30 bits per heavy atom. The Bertz CT molecular complexity index is 439. The molecule has 1 heterocycles. The van der Waals surface area contributed by atoms with Crippen LogP contribution in [0.15, 0.2) is 30.3 Å². The second-order valence-electron chi connectivity index (χ2n) is 5.64. The van der Waals surface area contributed by atoms with Gasteiger partial charge in [-0.2, -0.15) is 0 Å². The first kappa shape index (κ1) is 13.6. The number of hydrogen-bond acceptors (Lipinski definition) is 3. The van der Waals surface area contributed by atoms with Crippen LogP contribution in [0.5, 0.6) is 0 Å². The molecule has 2 aliphatic rings. The summed E-state index contributed by atoms with van der Waals surface area (Å²) >= 11 is 0. The van der Waals surface area contributed by atoms with Crippen LogP contribution in [0.25, 0.3) is 0 Å². The summed E-state index contributed by atoms with van der Waals surface area (Å²) < 4.78 is 5.64. The Morgan fingerprint density at radius 2 is 2.10 bits per heavy atom. The predicted octanol–water partition coefficient (Wildman–Crippen LogP) is 1.56. The first-order valence-corrected chi connectivity index (χ1v) is 7.48. The van der Waals surface area contributed by atoms with Gasteiger partial charge in [0.2, 0.25) is 5.91 Å². The molecule has 1 aromatic carbocycles. The van der Waals surface area contributed by atoms with Gasteiger partial charge in [-0.1, -0.05) is 30.3 Å². The van der Waals surface area contributed by atoms with Crippen LogP contribution in [-0.4, -0.2) is 42.6 Å². The zero-order valence-corrected chi connectivity index (χ0v) is 11.8. The van der Waals surface area contributed by atoms with Crippen molar-refractivity contribution in [3.05, 3.63) is 35.9 Å². The van der Waals surface area contributed by atoms with Crippen LogP contribution < -0.4 is 5.32 Å². The number of carbonyl (C=O) groups is 1. The summed E-state index contributed by atoms with van der Waals surface area (Å²) in [6, 6.07) is 10.7. The Hall–Kier alpha value is -1.39. The van der Waals surface area contributed by atoms with E-state index in [1.54, 1.807) is 0 Å². The Balaban J connectivity index is 1.59. The summed E-state index contributed by atoms with van der Waals surface area (Å²) in [6.07, 6.45) is 2.81. The zero-order valence-electron chi connectivity index (χ0n) is 11.8. The molecule has 1 aliphatic heterocycles. The molecule has 1 aromatic rings. The summed E-state index contributed by atoms with van der Waals surface area (Å²) in [5, 5.41) is 3.28. The van der Waals surface area contributed by atoms with Crippen molar-refractivity contribution in [3.8, 4) is 0 Å². The summed E-state index contributed by atoms with van der Waals surface area (Å²) in [5.74, 6) is 0.227. The minimum Gasteiger partial charge on any atom is -0.375 e. The molecular weight excluding hydrogens is 252 g/mol. The summed E-state index contributed by atoms with van der Waals surface area (Å²) in [4.78, 5) is 14.6. The van der Waals surface area contributed by atoms with E-state index >= 15 is 0 Å². The van der Waals surface area contributed by atoms with E-state index in [-0.39, 0.29) is 12.0 Å². The molecule has 4 nitrogen and oxygen atoms in total. The Kier molecular flexibility index (Phi) is 4.33. The smallest absolute Gasteiger partial charge is 0.225 e. The maximum absolute atomic E-state index is 12.5. The molecule has 4 heteroatoms. The van der Waals surface area contributed by atoms with E-state index in [2.05, 4.69) is 17.4 Å². The molecule has 20 heavy (non-hydrogen) atoms. The molecule has 0 radical (unpaired) electrons. The standard InChI is InChI=1S/C16H22N2O2/c19-16(10-15-11-17-8-9-20-15)18(14-6-7-14)12-13-4-2-1-3-5-13/h1-5,14-15,17H,6-12H2. The van der Waals surface area contributed by atoms with Crippen molar-refractivity contribution in [3.63, 3.8) is 0 Å². The van der Waals surface area contributed by atoms with E-state index in [0.29, 0.717) is 19.1 Å². The number of amides is 1. The average molecular weight is 274 g/mol. The van der Waals surface area contributed by atoms with Gasteiger partial charge >= 0.3 is 0 Å². The van der Waals surface area contributed by atoms with Gasteiger partial charge in [0.15, 0.2) is 0 Å². The highest BCUT2D eigenvalue weighted by Gasteiger charge is 2.33. The van der Waals surface area contributed by atoms with Crippen molar-refractivity contribution in [1.29, 1.82) is 0 Å². The van der Waals surface area contributed by atoms with E-state index in [1.165, 1.54) is 5.56 Å². The van der Waals surface area contributed by atoms with Crippen LogP contribution in [0.1, 0.15) is 24.8 Å². The minimum atomic E-state index is 0.0354. The zero-order chi connectivity index (χ0) is 13.8. The van der Waals surface area contributed by atoms with E-state index in [9.17, 15) is 4.79 Å². The predicted molar refractivity (Wildman–Crippen MR) is 77.2 cm³/mol. The fraction of sp³-hybridized carbons (Fsp3) is 0.562. The lowest BCUT2D eigenvalue weighted by molar-refractivity contribution is -0.136. The van der Waals surface area contributed by atoms with Crippen molar-refractivity contribution in [2.45, 2.75) is 38.0 Å². The summed E-state index contributed by atoms with van der Waals surface area (Å²) in [5.41, 5.74) is 1.20. The van der Waals surface area contributed by atoms with E-state index in [4.69, 9.17) is 4.74 Å². The van der Waals surface area contributed by atoms with Gasteiger partial charge in [-0.3, -0.25) is 4.79 Å². The Labute approximate surface area is 120 Å². The third-order valence-electron chi connectivity index (χ3n) is 3.91. The van der Waals surface area contributed by atoms with Crippen molar-refractivity contribution in [1.82, 2.24) is 10.2 Å². The van der Waals surface area contributed by atoms with Crippen molar-refractivity contribution < 1.29 is 9.53 Å². The van der Waals surface area contributed by atoms with E-state index in [1.807, 2.05) is 23.1 Å². The number of carbonyl (C=O) groups excluding carboxylic acids is 1. The molecule has 0 spiro atoms. The molecule has 1 amide bonds. The number of morpholine rings is 1. The normalized spacial score (nSPS) is 22.5. The SMILES string of the molecule is O=C(CC1CNCCO1)N(Cc1ccccc1)C1CC1. The minimum absolute atomic E-state index is 0.0354. The molecule has 1 unspecified atom stereocenters. The average Bonchev–Trinajstić information content (AvgIpc) is 3.31. The van der Waals surface area contributed by atoms with Gasteiger partial charge < -0.3 is 15.0 Å². The van der Waals surface area contributed by atoms with Gasteiger partial charge in [0.1, 0.15) is 0 Å². The molecule has 0 bridgehead atoms. The number of rotatable bonds is 5. The van der Waals surface area contributed by atoms with Crippen LogP contribution in [0.2, 0.25) is 0 Å². The lowest BCUT2D eigenvalue weighted by Gasteiger charge is -2.27. The highest BCUT2D eigenvalue weighted by molar-refractivity contribution is 5.77. The lowest BCUT2D eigenvalue weighted by atomic mass is 10.1. The fourth-order valence-corrected chi connectivity index (χ4v) is 2.65. The monoisotopic (exact) mass is 274 g/mol. The van der Waals surface area contributed by atoms with Gasteiger partial charge in [-0.05, 0) is 18.4 Å². The van der Waals surface area contributed by atoms with Gasteiger partial charge in [0.25, 0.3) is 0 Å². The quantitative estimate of drug-likeness (QED) is 0.886. The van der Waals surface area contributed by atoms with E-state index in [0.717, 1.165) is 32.5 Å². The second-order valence-corrected chi connectivity index (χ2v) is 5.64. The molecule has 3 rings (SSSR count). The molecule has 1 aliphatic carbocycles. The summed E-state index contributed by atoms with van der Waals surface area (Å²) in [7, 11) is 0. The molecular formula is C16H22N2O2. The van der Waals surface area contributed by atoms with Crippen LogP contribution in [0.3, 0.4) is 0 Å². The van der Waals surface area contributed by atoms with Crippen molar-refractivity contribution in [2.75, 3.05) is 19.7 Å². The first-order valence-electron chi connectivity index (χ1n) is 7.48. The van der Waals surface area contributed by atoms with Crippen LogP contribution in [0.4, 0.5) is 0 Å². The second kappa shape index (κ2) is 6.37. The van der Waals surface area contributed by atoms with Crippen LogP contribution >= 0.6 is 0 Å². The molecule has 1 saturated carbocycles. The third kappa shape index (κ3) is 3.58. The molecule has 1 saturated heterocycles. The number of ether oxygens (including phenoxy) is 1. The first-order chi connectivity index (χ1) is 9.83. The molecule has 2 fully saturated rings. The lowest BCUT2D eigenvalue weighted by Crippen LogP contribution is -2.42. The maximum Gasteiger partial charge on any atom is 0.225 e. The maximum atomic E-state index is 12.5. The van der Waals surface area contributed by atoms with Crippen molar-refractivity contribution in [2.24, 2.45) is 0 Å². The van der Waals surface area contributed by atoms with Gasteiger partial charge in [0, 0.05) is 25.7 Å². The fourth-order valence-electron chi connectivity index (χ4n) is 2.65. The third-order valence-corrected chi connectivity index (χ3v) is 3.91. The highest BCUT2D eigenvalue weighted by Crippen LogP contribution is 2.29. The number of nitrogens with zero attached hydrogens (tertiary/aromatic N) is 1. The topological polar surface area (TPSA) is 41.6 Å². The number of benzene rings is 1. The van der Waals surface area contributed by atoms with E-state index < -0.39 is 0 Å².